The van der Waals surface area contributed by atoms with Gasteiger partial charge >= 0.3 is 13.9 Å². The summed E-state index contributed by atoms with van der Waals surface area (Å²) >= 11 is 0. The van der Waals surface area contributed by atoms with Gasteiger partial charge in [0.15, 0.2) is 18.9 Å². The van der Waals surface area contributed by atoms with Gasteiger partial charge in [-0.05, 0) is 110 Å². The van der Waals surface area contributed by atoms with E-state index in [4.69, 9.17) is 13.8 Å². The number of carbonyl (C=O) groups is 1. The second-order valence-electron chi connectivity index (χ2n) is 16.3. The molecule has 0 aliphatic heterocycles. The smallest absolute Gasteiger partial charge is 0.472 e. The average Bonchev–Trinajstić information content (AvgIpc) is 3.42. The van der Waals surface area contributed by atoms with Crippen molar-refractivity contribution in [1.29, 1.82) is 0 Å². The Kier molecular flexibility index (Phi) is 14.4. The summed E-state index contributed by atoms with van der Waals surface area (Å²) in [6.07, 6.45) is 21.7. The first-order valence-electron chi connectivity index (χ1n) is 19.2. The van der Waals surface area contributed by atoms with Gasteiger partial charge in [0.1, 0.15) is 12.7 Å². The van der Waals surface area contributed by atoms with E-state index in [1.54, 1.807) is 0 Å². The van der Waals surface area contributed by atoms with Crippen molar-refractivity contribution in [1.82, 2.24) is 5.32 Å². The molecule has 5 rings (SSSR count). The average molecular weight is 717 g/mol. The summed E-state index contributed by atoms with van der Waals surface area (Å²) in [5, 5.41) is 2.79. The second kappa shape index (κ2) is 17.7. The maximum absolute atomic E-state index is 12.7. The molecule has 10 atom stereocenters. The number of hydrogen-bond acceptors (Lipinski definition) is 6. The van der Waals surface area contributed by atoms with Crippen LogP contribution in [0.1, 0.15) is 106 Å². The van der Waals surface area contributed by atoms with Crippen molar-refractivity contribution in [2.24, 2.45) is 52.3 Å². The lowest BCUT2D eigenvalue weighted by Gasteiger charge is -2.58. The summed E-state index contributed by atoms with van der Waals surface area (Å²) < 4.78 is 30.0. The van der Waals surface area contributed by atoms with Gasteiger partial charge in [-0.15, -0.1) is 0 Å². The molecule has 1 heterocycles. The summed E-state index contributed by atoms with van der Waals surface area (Å²) in [5.74, 6) is 5.08. The fraction of sp³-hybridized carbons (Fsp3) is 0.750. The maximum Gasteiger partial charge on any atom is 0.472 e. The molecule has 282 valence electrons. The summed E-state index contributed by atoms with van der Waals surface area (Å²) in [5.41, 5.74) is 2.13. The standard InChI is InChI=1S/C40H63N2O6P.H2O/c1-7-31(29(2)3)13-12-30(4)35-16-17-36-34-15-14-32-28-33(18-20-39(32,5)37(34)19-21-40(35,36)6)48-38(43)41-22-11-26-46-49(44,45)47-27-25-42-23-9-8-10-24-42;/h8-10,12-14,23-24,29-31,33-37H,7,11,15-22,25-28H2,1-6H3,(H-,41,43,44,45);1H2/b13-12+;/t30-,31-,33+,34+,35-,36+,37+,39+,40-;/m1./s1. The zero-order valence-electron chi connectivity index (χ0n) is 31.5. The van der Waals surface area contributed by atoms with E-state index >= 15 is 0 Å². The predicted octanol–water partition coefficient (Wildman–Crippen LogP) is 8.87. The number of allylic oxidation sites excluding steroid dienone is 3. The highest BCUT2D eigenvalue weighted by atomic mass is 31.2. The van der Waals surface area contributed by atoms with Gasteiger partial charge in [-0.1, -0.05) is 71.4 Å². The maximum atomic E-state index is 12.7. The molecule has 50 heavy (non-hydrogen) atoms. The van der Waals surface area contributed by atoms with E-state index in [1.807, 2.05) is 35.2 Å². The fourth-order valence-corrected chi connectivity index (χ4v) is 11.2. The topological polar surface area (TPSA) is 128 Å². The van der Waals surface area contributed by atoms with Crippen LogP contribution in [-0.2, 0) is 24.9 Å². The summed E-state index contributed by atoms with van der Waals surface area (Å²) in [4.78, 5) is 22.6. The van der Waals surface area contributed by atoms with Crippen LogP contribution < -0.4 is 9.88 Å². The van der Waals surface area contributed by atoms with Crippen LogP contribution in [0.3, 0.4) is 0 Å². The van der Waals surface area contributed by atoms with Gasteiger partial charge in [0.05, 0.1) is 6.61 Å². The van der Waals surface area contributed by atoms with Gasteiger partial charge in [-0.25, -0.2) is 13.9 Å². The molecule has 0 saturated heterocycles. The number of nitrogens with one attached hydrogen (secondary N) is 1. The van der Waals surface area contributed by atoms with E-state index in [-0.39, 0.29) is 30.2 Å². The van der Waals surface area contributed by atoms with Crippen LogP contribution in [0.5, 0.6) is 0 Å². The first-order valence-corrected chi connectivity index (χ1v) is 20.7. The monoisotopic (exact) mass is 716 g/mol. The Morgan fingerprint density at radius 2 is 1.78 bits per heavy atom. The van der Waals surface area contributed by atoms with Gasteiger partial charge in [0, 0.05) is 25.1 Å². The summed E-state index contributed by atoms with van der Waals surface area (Å²) in [6, 6.07) is 5.66. The molecule has 4 aliphatic rings. The van der Waals surface area contributed by atoms with E-state index in [0.29, 0.717) is 42.7 Å². The van der Waals surface area contributed by atoms with Crippen molar-refractivity contribution in [3.63, 3.8) is 0 Å². The largest absolute Gasteiger partial charge is 0.870 e. The van der Waals surface area contributed by atoms with E-state index < -0.39 is 13.9 Å². The van der Waals surface area contributed by atoms with Crippen molar-refractivity contribution in [3.8, 4) is 0 Å². The highest BCUT2D eigenvalue weighted by Gasteiger charge is 2.59. The molecule has 9 nitrogen and oxygen atoms in total. The first kappa shape index (κ1) is 40.7. The van der Waals surface area contributed by atoms with Crippen LogP contribution in [0.2, 0.25) is 0 Å². The van der Waals surface area contributed by atoms with Crippen LogP contribution in [0.25, 0.3) is 0 Å². The Hall–Kier alpha value is -2.03. The number of alkyl carbamates (subject to hydrolysis) is 1. The van der Waals surface area contributed by atoms with Gasteiger partial charge < -0.3 is 20.4 Å². The minimum absolute atomic E-state index is 0. The molecule has 1 amide bonds. The number of fused-ring (bicyclic) bond motifs is 5. The number of aromatic nitrogens is 1. The Balaban J connectivity index is 0.00000562. The Labute approximate surface area is 301 Å². The molecule has 0 bridgehead atoms. The molecular formula is C40H65N2O7P. The van der Waals surface area contributed by atoms with Crippen LogP contribution in [0, 0.1) is 52.3 Å². The number of amides is 1. The molecule has 0 spiro atoms. The summed E-state index contributed by atoms with van der Waals surface area (Å²) in [6.45, 7) is 15.4. The highest BCUT2D eigenvalue weighted by molar-refractivity contribution is 7.47. The number of nitrogens with zero attached hydrogens (tertiary/aromatic N) is 1. The van der Waals surface area contributed by atoms with Gasteiger partial charge in [-0.3, -0.25) is 9.05 Å². The minimum atomic E-state index is -4.15. The molecule has 1 unspecified atom stereocenters. The number of hydrogen-bond donors (Lipinski definition) is 2. The fourth-order valence-electron chi connectivity index (χ4n) is 10.4. The van der Waals surface area contributed by atoms with E-state index in [1.165, 1.54) is 44.1 Å². The van der Waals surface area contributed by atoms with E-state index in [0.717, 1.165) is 42.9 Å². The lowest BCUT2D eigenvalue weighted by Crippen LogP contribution is -2.51. The van der Waals surface area contributed by atoms with E-state index in [2.05, 4.69) is 65.1 Å². The molecule has 3 N–H and O–H groups in total. The normalized spacial score (nSPS) is 32.9. The number of phosphoric ester groups is 1. The molecule has 0 aromatic carbocycles. The number of ether oxygens (including phenoxy) is 1. The van der Waals surface area contributed by atoms with Crippen molar-refractivity contribution >= 4 is 13.9 Å². The molecule has 3 fully saturated rings. The van der Waals surface area contributed by atoms with Crippen molar-refractivity contribution in [2.45, 2.75) is 118 Å². The Bertz CT molecular complexity index is 1350. The minimum Gasteiger partial charge on any atom is -0.870 e. The van der Waals surface area contributed by atoms with Crippen LogP contribution in [0.15, 0.2) is 54.4 Å². The zero-order chi connectivity index (χ0) is 35.2. The zero-order valence-corrected chi connectivity index (χ0v) is 32.4. The quantitative estimate of drug-likeness (QED) is 0.0803. The lowest BCUT2D eigenvalue weighted by molar-refractivity contribution is -0.697. The Morgan fingerprint density at radius 3 is 2.50 bits per heavy atom. The molecule has 0 radical (unpaired) electrons. The number of pyridine rings is 1. The third kappa shape index (κ3) is 9.49. The number of phosphoric acid groups is 1. The molecule has 4 aliphatic carbocycles. The van der Waals surface area contributed by atoms with E-state index in [9.17, 15) is 14.3 Å². The molecule has 1 aromatic rings. The van der Waals surface area contributed by atoms with Crippen molar-refractivity contribution in [2.75, 3.05) is 19.8 Å². The highest BCUT2D eigenvalue weighted by Crippen LogP contribution is 2.67. The number of carbonyl (C=O) groups excluding carboxylic acids is 1. The lowest BCUT2D eigenvalue weighted by atomic mass is 9.47. The second-order valence-corrected chi connectivity index (χ2v) is 17.8. The first-order chi connectivity index (χ1) is 23.4. The van der Waals surface area contributed by atoms with Crippen molar-refractivity contribution < 1.29 is 38.1 Å². The molecule has 10 heteroatoms. The SMILES string of the molecule is CC[C@H](/C=C/[C@@H](C)[C@H]1CC[C@H]2[C@@H]3CC=C4C[C@@H](OC(=O)NCCCOP(=O)(O)OCC[n+]5ccccc5)CC[C@]4(C)[C@H]3CC[C@]12C)C(C)C.[OH-]. The third-order valence-electron chi connectivity index (χ3n) is 13.3. The molecule has 1 aromatic heterocycles. The van der Waals surface area contributed by atoms with Crippen LogP contribution in [0.4, 0.5) is 4.79 Å². The van der Waals surface area contributed by atoms with Crippen LogP contribution in [-0.4, -0.2) is 42.3 Å². The van der Waals surface area contributed by atoms with Gasteiger partial charge in [0.25, 0.3) is 0 Å². The Morgan fingerprint density at radius 1 is 1.04 bits per heavy atom. The van der Waals surface area contributed by atoms with Crippen LogP contribution >= 0.6 is 7.82 Å². The molecular weight excluding hydrogens is 651 g/mol. The molecule has 3 saturated carbocycles. The van der Waals surface area contributed by atoms with Gasteiger partial charge in [-0.2, -0.15) is 0 Å². The predicted molar refractivity (Wildman–Crippen MR) is 195 cm³/mol. The summed E-state index contributed by atoms with van der Waals surface area (Å²) in [7, 11) is -4.15. The van der Waals surface area contributed by atoms with Crippen molar-refractivity contribution in [3.05, 3.63) is 54.4 Å². The number of rotatable bonds is 15. The third-order valence-corrected chi connectivity index (χ3v) is 14.3. The van der Waals surface area contributed by atoms with Gasteiger partial charge in [0.2, 0.25) is 0 Å².